The summed E-state index contributed by atoms with van der Waals surface area (Å²) in [6.07, 6.45) is 5.08. The first-order chi connectivity index (χ1) is 12.5. The second-order valence-electron chi connectivity index (χ2n) is 6.08. The fourth-order valence-corrected chi connectivity index (χ4v) is 2.75. The molecule has 0 bridgehead atoms. The van der Waals surface area contributed by atoms with Gasteiger partial charge in [0.15, 0.2) is 5.11 Å². The summed E-state index contributed by atoms with van der Waals surface area (Å²) in [5, 5.41) is 5.95. The molecular weight excluding hydrogens is 346 g/mol. The Labute approximate surface area is 160 Å². The number of amides is 1. The van der Waals surface area contributed by atoms with Gasteiger partial charge >= 0.3 is 0 Å². The number of unbranched alkanes of at least 4 members (excludes halogenated alkanes) is 2. The van der Waals surface area contributed by atoms with Crippen LogP contribution < -0.4 is 15.4 Å². The number of thiocarbonyl (C=S) groups is 1. The van der Waals surface area contributed by atoms with Crippen LogP contribution in [0, 0.1) is 13.8 Å². The van der Waals surface area contributed by atoms with Crippen molar-refractivity contribution in [3.63, 3.8) is 0 Å². The molecule has 2 aromatic rings. The van der Waals surface area contributed by atoms with Crippen LogP contribution >= 0.6 is 12.2 Å². The summed E-state index contributed by atoms with van der Waals surface area (Å²) in [5.41, 5.74) is 2.88. The van der Waals surface area contributed by atoms with Gasteiger partial charge in [-0.1, -0.05) is 19.8 Å². The molecule has 1 aromatic heterocycles. The second kappa shape index (κ2) is 9.87. The van der Waals surface area contributed by atoms with Crippen molar-refractivity contribution in [1.29, 1.82) is 0 Å². The number of carbonyl (C=O) groups excluding carboxylic acids is 1. The molecule has 0 atom stereocenters. The number of pyridine rings is 1. The van der Waals surface area contributed by atoms with E-state index in [0.29, 0.717) is 11.3 Å². The fraction of sp³-hybridized carbons (Fsp3) is 0.350. The summed E-state index contributed by atoms with van der Waals surface area (Å²) in [5.74, 6) is 0.560. The zero-order valence-corrected chi connectivity index (χ0v) is 16.3. The highest BCUT2D eigenvalue weighted by molar-refractivity contribution is 7.80. The zero-order chi connectivity index (χ0) is 18.9. The highest BCUT2D eigenvalue weighted by Crippen LogP contribution is 2.16. The molecule has 0 unspecified atom stereocenters. The van der Waals surface area contributed by atoms with Crippen LogP contribution in [0.4, 0.5) is 5.69 Å². The van der Waals surface area contributed by atoms with Gasteiger partial charge in [0.2, 0.25) is 0 Å². The smallest absolute Gasteiger partial charge is 0.259 e. The number of nitrogens with zero attached hydrogens (tertiary/aromatic N) is 1. The maximum absolute atomic E-state index is 12.4. The summed E-state index contributed by atoms with van der Waals surface area (Å²) in [4.78, 5) is 16.6. The Bertz CT molecular complexity index is 740. The van der Waals surface area contributed by atoms with E-state index in [0.717, 1.165) is 30.0 Å². The first-order valence-electron chi connectivity index (χ1n) is 8.78. The summed E-state index contributed by atoms with van der Waals surface area (Å²) in [6.45, 7) is 6.56. The molecule has 0 aliphatic heterocycles. The molecule has 1 amide bonds. The van der Waals surface area contributed by atoms with Gasteiger partial charge in [0.05, 0.1) is 17.9 Å². The van der Waals surface area contributed by atoms with Crippen LogP contribution in [0.3, 0.4) is 0 Å². The number of hydrogen-bond donors (Lipinski definition) is 2. The SMILES string of the molecule is CCCCCOc1ccc(NC(=S)NC(=O)c2c(C)ccnc2C)cc1. The van der Waals surface area contributed by atoms with Crippen LogP contribution in [0.5, 0.6) is 5.75 Å². The highest BCUT2D eigenvalue weighted by Gasteiger charge is 2.14. The van der Waals surface area contributed by atoms with Crippen molar-refractivity contribution in [3.05, 3.63) is 53.3 Å². The monoisotopic (exact) mass is 371 g/mol. The third kappa shape index (κ3) is 5.81. The fourth-order valence-electron chi connectivity index (χ4n) is 2.54. The molecule has 2 rings (SSSR count). The lowest BCUT2D eigenvalue weighted by Gasteiger charge is -2.12. The maximum atomic E-state index is 12.4. The van der Waals surface area contributed by atoms with Crippen LogP contribution in [-0.2, 0) is 0 Å². The average molecular weight is 372 g/mol. The predicted octanol–water partition coefficient (Wildman–Crippen LogP) is 4.39. The van der Waals surface area contributed by atoms with E-state index in [4.69, 9.17) is 17.0 Å². The minimum absolute atomic E-state index is 0.245. The Kier molecular flexibility index (Phi) is 7.53. The van der Waals surface area contributed by atoms with Crippen LogP contribution in [0.25, 0.3) is 0 Å². The highest BCUT2D eigenvalue weighted by atomic mass is 32.1. The third-order valence-electron chi connectivity index (χ3n) is 3.93. The second-order valence-corrected chi connectivity index (χ2v) is 6.48. The molecule has 5 nitrogen and oxygen atoms in total. The van der Waals surface area contributed by atoms with Gasteiger partial charge in [0.1, 0.15) is 5.75 Å². The van der Waals surface area contributed by atoms with E-state index in [1.165, 1.54) is 12.8 Å². The molecule has 1 heterocycles. The Morgan fingerprint density at radius 3 is 2.54 bits per heavy atom. The minimum atomic E-state index is -0.263. The number of aromatic nitrogens is 1. The number of rotatable bonds is 7. The molecule has 0 radical (unpaired) electrons. The summed E-state index contributed by atoms with van der Waals surface area (Å²) in [6, 6.07) is 9.31. The topological polar surface area (TPSA) is 63.2 Å². The molecule has 0 aliphatic rings. The van der Waals surface area contributed by atoms with E-state index < -0.39 is 0 Å². The lowest BCUT2D eigenvalue weighted by atomic mass is 10.1. The first kappa shape index (κ1) is 19.8. The summed E-state index contributed by atoms with van der Waals surface area (Å²) >= 11 is 5.24. The van der Waals surface area contributed by atoms with Crippen LogP contribution in [0.15, 0.2) is 36.5 Å². The van der Waals surface area contributed by atoms with Crippen molar-refractivity contribution in [1.82, 2.24) is 10.3 Å². The van der Waals surface area contributed by atoms with E-state index >= 15 is 0 Å². The van der Waals surface area contributed by atoms with E-state index in [-0.39, 0.29) is 11.0 Å². The molecule has 6 heteroatoms. The lowest BCUT2D eigenvalue weighted by molar-refractivity contribution is 0.0976. The van der Waals surface area contributed by atoms with Crippen LogP contribution in [0.1, 0.15) is 47.8 Å². The molecule has 2 N–H and O–H groups in total. The van der Waals surface area contributed by atoms with Crippen molar-refractivity contribution in [2.24, 2.45) is 0 Å². The van der Waals surface area contributed by atoms with Gasteiger partial charge in [-0.2, -0.15) is 0 Å². The van der Waals surface area contributed by atoms with Crippen molar-refractivity contribution in [2.75, 3.05) is 11.9 Å². The quantitative estimate of drug-likeness (QED) is 0.558. The van der Waals surface area contributed by atoms with Gasteiger partial charge in [0.25, 0.3) is 5.91 Å². The number of nitrogens with one attached hydrogen (secondary N) is 2. The number of ether oxygens (including phenoxy) is 1. The normalized spacial score (nSPS) is 10.3. The molecule has 0 saturated carbocycles. The predicted molar refractivity (Wildman–Crippen MR) is 109 cm³/mol. The maximum Gasteiger partial charge on any atom is 0.259 e. The lowest BCUT2D eigenvalue weighted by Crippen LogP contribution is -2.35. The van der Waals surface area contributed by atoms with Gasteiger partial charge in [-0.15, -0.1) is 0 Å². The Balaban J connectivity index is 1.88. The number of anilines is 1. The van der Waals surface area contributed by atoms with E-state index in [1.54, 1.807) is 19.2 Å². The van der Waals surface area contributed by atoms with Gasteiger partial charge in [0, 0.05) is 11.9 Å². The van der Waals surface area contributed by atoms with Crippen molar-refractivity contribution in [3.8, 4) is 5.75 Å². The van der Waals surface area contributed by atoms with Gasteiger partial charge in [-0.3, -0.25) is 15.1 Å². The molecule has 26 heavy (non-hydrogen) atoms. The number of carbonyl (C=O) groups is 1. The Morgan fingerprint density at radius 2 is 1.88 bits per heavy atom. The third-order valence-corrected chi connectivity index (χ3v) is 4.14. The number of benzene rings is 1. The number of aryl methyl sites for hydroxylation is 2. The molecule has 0 spiro atoms. The van der Waals surface area contributed by atoms with Crippen molar-refractivity contribution < 1.29 is 9.53 Å². The van der Waals surface area contributed by atoms with E-state index in [9.17, 15) is 4.79 Å². The van der Waals surface area contributed by atoms with E-state index in [1.807, 2.05) is 31.2 Å². The summed E-state index contributed by atoms with van der Waals surface area (Å²) in [7, 11) is 0. The molecule has 0 fully saturated rings. The molecule has 138 valence electrons. The average Bonchev–Trinajstić information content (AvgIpc) is 2.60. The van der Waals surface area contributed by atoms with Crippen molar-refractivity contribution in [2.45, 2.75) is 40.0 Å². The first-order valence-corrected chi connectivity index (χ1v) is 9.19. The number of hydrogen-bond acceptors (Lipinski definition) is 4. The summed E-state index contributed by atoms with van der Waals surface area (Å²) < 4.78 is 5.68. The van der Waals surface area contributed by atoms with E-state index in [2.05, 4.69) is 22.5 Å². The molecule has 1 aromatic carbocycles. The largest absolute Gasteiger partial charge is 0.494 e. The van der Waals surface area contributed by atoms with Gasteiger partial charge in [-0.25, -0.2) is 0 Å². The standard InChI is InChI=1S/C20H25N3O2S/c1-4-5-6-13-25-17-9-7-16(8-10-17)22-20(26)23-19(24)18-14(2)11-12-21-15(18)3/h7-12H,4-6,13H2,1-3H3,(H2,22,23,24,26). The Hall–Kier alpha value is -2.47. The Morgan fingerprint density at radius 1 is 1.15 bits per heavy atom. The van der Waals surface area contributed by atoms with Gasteiger partial charge < -0.3 is 10.1 Å². The molecular formula is C20H25N3O2S. The van der Waals surface area contributed by atoms with Crippen molar-refractivity contribution >= 4 is 28.9 Å². The minimum Gasteiger partial charge on any atom is -0.494 e. The zero-order valence-electron chi connectivity index (χ0n) is 15.5. The van der Waals surface area contributed by atoms with Crippen LogP contribution in [-0.4, -0.2) is 22.6 Å². The van der Waals surface area contributed by atoms with Crippen LogP contribution in [0.2, 0.25) is 0 Å². The molecule has 0 aliphatic carbocycles. The van der Waals surface area contributed by atoms with Gasteiger partial charge in [-0.05, 0) is 68.4 Å². The molecule has 0 saturated heterocycles.